The van der Waals surface area contributed by atoms with Gasteiger partial charge in [0.15, 0.2) is 0 Å². The summed E-state index contributed by atoms with van der Waals surface area (Å²) >= 11 is 2.74. The second-order valence-electron chi connectivity index (χ2n) is 10.4. The number of H-pyrrole nitrogens is 1. The Bertz CT molecular complexity index is 1250. The van der Waals surface area contributed by atoms with Gasteiger partial charge in [0.2, 0.25) is 0 Å². The summed E-state index contributed by atoms with van der Waals surface area (Å²) in [7, 11) is 0. The first-order chi connectivity index (χ1) is 18.6. The van der Waals surface area contributed by atoms with Crippen LogP contribution in [0, 0.1) is 0 Å². The number of carbonyl (C=O) groups excluding carboxylic acids is 1. The number of benzene rings is 2. The minimum absolute atomic E-state index is 0.00176. The maximum atomic E-state index is 12.8. The lowest BCUT2D eigenvalue weighted by molar-refractivity contribution is 0.0686. The number of phenolic OH excluding ortho intramolecular Hbond substituents is 1. The number of thioether (sulfide) groups is 1. The molecule has 1 amide bonds. The summed E-state index contributed by atoms with van der Waals surface area (Å²) in [4.78, 5) is 28.6. The third-order valence-corrected chi connectivity index (χ3v) is 8.45. The molecule has 3 rings (SSSR count). The summed E-state index contributed by atoms with van der Waals surface area (Å²) in [5, 5.41) is 23.7. The van der Waals surface area contributed by atoms with Gasteiger partial charge < -0.3 is 30.2 Å². The molecule has 10 heteroatoms. The predicted molar refractivity (Wildman–Crippen MR) is 161 cm³/mol. The largest absolute Gasteiger partial charge is 0.506 e. The molecule has 0 saturated heterocycles. The molecule has 0 unspecified atom stereocenters. The summed E-state index contributed by atoms with van der Waals surface area (Å²) in [6.07, 6.45) is 1.52. The summed E-state index contributed by atoms with van der Waals surface area (Å²) in [6.45, 7) is 10.3. The SMILES string of the molecule is CCc1ccc(CCN(C(=O)OCCCSCCNC[C@H](O)c2ccc(O)c3[nH]c(=O)sc23)C(C)(C)C)cc1. The smallest absolute Gasteiger partial charge is 0.410 e. The lowest BCUT2D eigenvalue weighted by Gasteiger charge is -2.34. The van der Waals surface area contributed by atoms with Gasteiger partial charge in [0.1, 0.15) is 11.3 Å². The van der Waals surface area contributed by atoms with Crippen LogP contribution in [-0.2, 0) is 17.6 Å². The highest BCUT2D eigenvalue weighted by molar-refractivity contribution is 7.99. The minimum Gasteiger partial charge on any atom is -0.506 e. The monoisotopic (exact) mass is 575 g/mol. The molecule has 0 bridgehead atoms. The number of aromatic nitrogens is 1. The van der Waals surface area contributed by atoms with Crippen LogP contribution in [0.25, 0.3) is 10.2 Å². The number of aromatic hydroxyl groups is 1. The van der Waals surface area contributed by atoms with Crippen LogP contribution < -0.4 is 10.2 Å². The zero-order chi connectivity index (χ0) is 28.4. The Morgan fingerprint density at radius 1 is 1.15 bits per heavy atom. The van der Waals surface area contributed by atoms with Crippen LogP contribution in [0.4, 0.5) is 4.79 Å². The van der Waals surface area contributed by atoms with E-state index in [4.69, 9.17) is 4.74 Å². The Balaban J connectivity index is 1.31. The Morgan fingerprint density at radius 2 is 1.87 bits per heavy atom. The third kappa shape index (κ3) is 9.27. The highest BCUT2D eigenvalue weighted by atomic mass is 32.2. The molecule has 0 aliphatic heterocycles. The van der Waals surface area contributed by atoms with Gasteiger partial charge in [-0.25, -0.2) is 4.79 Å². The van der Waals surface area contributed by atoms with Crippen LogP contribution in [0.3, 0.4) is 0 Å². The number of carbonyl (C=O) groups is 1. The number of amides is 1. The fourth-order valence-electron chi connectivity index (χ4n) is 4.18. The normalized spacial score (nSPS) is 12.5. The zero-order valence-electron chi connectivity index (χ0n) is 23.3. The van der Waals surface area contributed by atoms with Crippen molar-refractivity contribution in [3.8, 4) is 5.75 Å². The molecule has 39 heavy (non-hydrogen) atoms. The van der Waals surface area contributed by atoms with Crippen LogP contribution in [0.1, 0.15) is 56.9 Å². The maximum Gasteiger partial charge on any atom is 0.410 e. The van der Waals surface area contributed by atoms with E-state index >= 15 is 0 Å². The van der Waals surface area contributed by atoms with Crippen molar-refractivity contribution in [3.63, 3.8) is 0 Å². The number of nitrogens with zero attached hydrogens (tertiary/aromatic N) is 1. The maximum absolute atomic E-state index is 12.8. The molecule has 214 valence electrons. The molecule has 0 radical (unpaired) electrons. The van der Waals surface area contributed by atoms with Crippen LogP contribution in [0.5, 0.6) is 5.75 Å². The van der Waals surface area contributed by atoms with Gasteiger partial charge in [0.25, 0.3) is 0 Å². The molecular formula is C29H41N3O5S2. The number of thiazole rings is 1. The Labute approximate surface area is 238 Å². The number of aryl methyl sites for hydroxylation is 1. The topological polar surface area (TPSA) is 115 Å². The average Bonchev–Trinajstić information content (AvgIpc) is 3.29. The van der Waals surface area contributed by atoms with Crippen molar-refractivity contribution < 1.29 is 19.7 Å². The number of fused-ring (bicyclic) bond motifs is 1. The fourth-order valence-corrected chi connectivity index (χ4v) is 5.91. The molecule has 0 saturated carbocycles. The van der Waals surface area contributed by atoms with Gasteiger partial charge >= 0.3 is 11.0 Å². The number of phenols is 1. The lowest BCUT2D eigenvalue weighted by atomic mass is 10.0. The van der Waals surface area contributed by atoms with Gasteiger partial charge in [-0.05, 0) is 63.0 Å². The molecule has 0 fully saturated rings. The van der Waals surface area contributed by atoms with E-state index in [0.29, 0.717) is 42.0 Å². The molecule has 1 aromatic heterocycles. The minimum atomic E-state index is -0.787. The average molecular weight is 576 g/mol. The number of aliphatic hydroxyl groups is 1. The van der Waals surface area contributed by atoms with Crippen molar-refractivity contribution in [1.29, 1.82) is 0 Å². The second kappa shape index (κ2) is 14.7. The van der Waals surface area contributed by atoms with Crippen molar-refractivity contribution in [1.82, 2.24) is 15.2 Å². The number of ether oxygens (including phenoxy) is 1. The lowest BCUT2D eigenvalue weighted by Crippen LogP contribution is -2.47. The van der Waals surface area contributed by atoms with E-state index in [9.17, 15) is 19.8 Å². The number of aliphatic hydroxyl groups excluding tert-OH is 1. The first-order valence-corrected chi connectivity index (χ1v) is 15.4. The summed E-state index contributed by atoms with van der Waals surface area (Å²) < 4.78 is 6.17. The van der Waals surface area contributed by atoms with Crippen molar-refractivity contribution >= 4 is 39.4 Å². The van der Waals surface area contributed by atoms with Crippen molar-refractivity contribution in [2.45, 2.75) is 58.6 Å². The number of hydrogen-bond acceptors (Lipinski definition) is 8. The molecular weight excluding hydrogens is 534 g/mol. The molecule has 0 spiro atoms. The van der Waals surface area contributed by atoms with E-state index in [1.807, 2.05) is 20.8 Å². The molecule has 1 heterocycles. The predicted octanol–water partition coefficient (Wildman–Crippen LogP) is 5.08. The van der Waals surface area contributed by atoms with Crippen molar-refractivity contribution in [3.05, 3.63) is 62.8 Å². The summed E-state index contributed by atoms with van der Waals surface area (Å²) in [6, 6.07) is 11.7. The van der Waals surface area contributed by atoms with E-state index in [2.05, 4.69) is 41.5 Å². The van der Waals surface area contributed by atoms with Gasteiger partial charge in [-0.15, -0.1) is 0 Å². The third-order valence-electron chi connectivity index (χ3n) is 6.45. The summed E-state index contributed by atoms with van der Waals surface area (Å²) in [5.41, 5.74) is 3.18. The molecule has 0 aliphatic rings. The van der Waals surface area contributed by atoms with E-state index < -0.39 is 6.10 Å². The van der Waals surface area contributed by atoms with E-state index in [1.165, 1.54) is 17.2 Å². The molecule has 0 aliphatic carbocycles. The molecule has 2 aromatic carbocycles. The number of rotatable bonds is 14. The van der Waals surface area contributed by atoms with Crippen molar-refractivity contribution in [2.75, 3.05) is 37.7 Å². The number of nitrogens with one attached hydrogen (secondary N) is 2. The quantitative estimate of drug-likeness (QED) is 0.198. The van der Waals surface area contributed by atoms with Gasteiger partial charge in [0.05, 0.1) is 17.4 Å². The molecule has 4 N–H and O–H groups in total. The first-order valence-electron chi connectivity index (χ1n) is 13.4. The van der Waals surface area contributed by atoms with Gasteiger partial charge in [-0.3, -0.25) is 4.79 Å². The van der Waals surface area contributed by atoms with Crippen LogP contribution in [0.15, 0.2) is 41.2 Å². The van der Waals surface area contributed by atoms with E-state index in [1.54, 1.807) is 22.7 Å². The second-order valence-corrected chi connectivity index (χ2v) is 12.6. The highest BCUT2D eigenvalue weighted by Crippen LogP contribution is 2.31. The van der Waals surface area contributed by atoms with Gasteiger partial charge in [-0.1, -0.05) is 48.6 Å². The Kier molecular flexibility index (Phi) is 11.7. The number of aromatic amines is 1. The van der Waals surface area contributed by atoms with E-state index in [-0.39, 0.29) is 22.3 Å². The molecule has 1 atom stereocenters. The standard InChI is InChI=1S/C29H41N3O5S2/c1-5-20-7-9-21(10-8-20)13-15-32(29(2,3)4)28(36)37-16-6-17-38-18-14-30-19-24(34)22-11-12-23(33)25-26(22)39-27(35)31-25/h7-12,24,30,33-34H,5-6,13-19H2,1-4H3,(H,31,35)/t24-/m0/s1. The van der Waals surface area contributed by atoms with Gasteiger partial charge in [-0.2, -0.15) is 11.8 Å². The van der Waals surface area contributed by atoms with E-state index in [0.717, 1.165) is 42.1 Å². The highest BCUT2D eigenvalue weighted by Gasteiger charge is 2.27. The van der Waals surface area contributed by atoms with Crippen molar-refractivity contribution in [2.24, 2.45) is 0 Å². The Hall–Kier alpha value is -2.53. The van der Waals surface area contributed by atoms with Gasteiger partial charge in [0, 0.05) is 36.5 Å². The summed E-state index contributed by atoms with van der Waals surface area (Å²) in [5.74, 6) is 1.72. The van der Waals surface area contributed by atoms with Crippen LogP contribution in [-0.4, -0.2) is 69.5 Å². The number of hydrogen-bond donors (Lipinski definition) is 4. The van der Waals surface area contributed by atoms with Crippen LogP contribution >= 0.6 is 23.1 Å². The molecule has 8 nitrogen and oxygen atoms in total. The van der Waals surface area contributed by atoms with Crippen LogP contribution in [0.2, 0.25) is 0 Å². The zero-order valence-corrected chi connectivity index (χ0v) is 24.9. The fraction of sp³-hybridized carbons (Fsp3) is 0.517. The molecule has 3 aromatic rings. The Morgan fingerprint density at radius 3 is 2.56 bits per heavy atom. The first kappa shape index (κ1) is 31.0.